The molecule has 0 bridgehead atoms. The SMILES string of the molecule is CCN1CCN(C2=Nc3ccccc3CC=C2c2ccccc2Cl)CC1. The molecule has 26 heavy (non-hydrogen) atoms. The van der Waals surface area contributed by atoms with Crippen LogP contribution in [0, 0.1) is 0 Å². The van der Waals surface area contributed by atoms with Crippen LogP contribution in [0.2, 0.25) is 5.02 Å². The second-order valence-corrected chi connectivity index (χ2v) is 7.19. The van der Waals surface area contributed by atoms with E-state index in [-0.39, 0.29) is 0 Å². The minimum absolute atomic E-state index is 0.782. The van der Waals surface area contributed by atoms with Crippen molar-refractivity contribution in [3.05, 3.63) is 70.8 Å². The van der Waals surface area contributed by atoms with Gasteiger partial charge in [0.25, 0.3) is 0 Å². The third-order valence-corrected chi connectivity index (χ3v) is 5.60. The van der Waals surface area contributed by atoms with Crippen LogP contribution < -0.4 is 0 Å². The van der Waals surface area contributed by atoms with Crippen LogP contribution in [0.4, 0.5) is 5.69 Å². The fraction of sp³-hybridized carbons (Fsp3) is 0.318. The van der Waals surface area contributed by atoms with Crippen molar-refractivity contribution in [1.29, 1.82) is 0 Å². The van der Waals surface area contributed by atoms with Gasteiger partial charge in [-0.2, -0.15) is 0 Å². The number of rotatable bonds is 2. The maximum atomic E-state index is 6.55. The van der Waals surface area contributed by atoms with Gasteiger partial charge in [-0.1, -0.05) is 61.0 Å². The first kappa shape index (κ1) is 17.3. The Labute approximate surface area is 160 Å². The fourth-order valence-corrected chi connectivity index (χ4v) is 3.93. The average molecular weight is 366 g/mol. The van der Waals surface area contributed by atoms with E-state index in [0.29, 0.717) is 0 Å². The van der Waals surface area contributed by atoms with E-state index in [9.17, 15) is 0 Å². The lowest BCUT2D eigenvalue weighted by molar-refractivity contribution is 0.191. The molecular formula is C22H24ClN3. The minimum Gasteiger partial charge on any atom is -0.354 e. The zero-order valence-electron chi connectivity index (χ0n) is 15.2. The Morgan fingerprint density at radius 1 is 0.962 bits per heavy atom. The van der Waals surface area contributed by atoms with E-state index in [2.05, 4.69) is 53.1 Å². The first-order valence-corrected chi connectivity index (χ1v) is 9.73. The zero-order valence-corrected chi connectivity index (χ0v) is 15.9. The van der Waals surface area contributed by atoms with E-state index in [4.69, 9.17) is 16.6 Å². The number of piperazine rings is 1. The van der Waals surface area contributed by atoms with Crippen LogP contribution in [-0.4, -0.2) is 48.4 Å². The molecular weight excluding hydrogens is 342 g/mol. The number of hydrogen-bond acceptors (Lipinski definition) is 3. The molecule has 2 aromatic carbocycles. The molecule has 1 fully saturated rings. The van der Waals surface area contributed by atoms with Gasteiger partial charge in [0.2, 0.25) is 0 Å². The molecule has 0 N–H and O–H groups in total. The highest BCUT2D eigenvalue weighted by Gasteiger charge is 2.25. The van der Waals surface area contributed by atoms with Crippen LogP contribution in [0.25, 0.3) is 5.57 Å². The average Bonchev–Trinajstić information content (AvgIpc) is 2.88. The summed E-state index contributed by atoms with van der Waals surface area (Å²) < 4.78 is 0. The molecule has 3 nitrogen and oxygen atoms in total. The second kappa shape index (κ2) is 7.65. The fourth-order valence-electron chi connectivity index (χ4n) is 3.70. The molecule has 1 saturated heterocycles. The first-order chi connectivity index (χ1) is 12.8. The first-order valence-electron chi connectivity index (χ1n) is 9.35. The molecule has 2 aliphatic heterocycles. The normalized spacial score (nSPS) is 18.0. The molecule has 0 amide bonds. The molecule has 0 radical (unpaired) electrons. The lowest BCUT2D eigenvalue weighted by Gasteiger charge is -2.36. The van der Waals surface area contributed by atoms with Gasteiger partial charge in [-0.15, -0.1) is 0 Å². The number of fused-ring (bicyclic) bond motifs is 1. The van der Waals surface area contributed by atoms with Gasteiger partial charge in [-0.3, -0.25) is 0 Å². The molecule has 134 valence electrons. The monoisotopic (exact) mass is 365 g/mol. The van der Waals surface area contributed by atoms with Gasteiger partial charge in [0.1, 0.15) is 5.84 Å². The molecule has 0 aliphatic carbocycles. The van der Waals surface area contributed by atoms with Crippen LogP contribution in [-0.2, 0) is 6.42 Å². The van der Waals surface area contributed by atoms with Gasteiger partial charge in [-0.05, 0) is 30.7 Å². The molecule has 0 atom stereocenters. The summed E-state index contributed by atoms with van der Waals surface area (Å²) in [4.78, 5) is 10.0. The molecule has 0 unspecified atom stereocenters. The Bertz CT molecular complexity index is 848. The second-order valence-electron chi connectivity index (χ2n) is 6.79. The highest BCUT2D eigenvalue weighted by atomic mass is 35.5. The lowest BCUT2D eigenvalue weighted by Crippen LogP contribution is -2.48. The maximum Gasteiger partial charge on any atom is 0.136 e. The Morgan fingerprint density at radius 2 is 1.69 bits per heavy atom. The summed E-state index contributed by atoms with van der Waals surface area (Å²) in [5.74, 6) is 1.05. The van der Waals surface area contributed by atoms with E-state index in [1.54, 1.807) is 0 Å². The summed E-state index contributed by atoms with van der Waals surface area (Å²) in [6.07, 6.45) is 3.16. The Morgan fingerprint density at radius 3 is 2.46 bits per heavy atom. The largest absolute Gasteiger partial charge is 0.354 e. The highest BCUT2D eigenvalue weighted by Crippen LogP contribution is 2.32. The third kappa shape index (κ3) is 3.42. The minimum atomic E-state index is 0.782. The molecule has 4 rings (SSSR count). The maximum absolute atomic E-state index is 6.55. The summed E-state index contributed by atoms with van der Waals surface area (Å²) in [6, 6.07) is 16.5. The number of aliphatic imine (C=N–C) groups is 1. The Hall–Kier alpha value is -2.10. The number of hydrogen-bond donors (Lipinski definition) is 0. The van der Waals surface area contributed by atoms with Crippen LogP contribution in [0.15, 0.2) is 59.6 Å². The van der Waals surface area contributed by atoms with E-state index in [1.165, 1.54) is 5.56 Å². The summed E-state index contributed by atoms with van der Waals surface area (Å²) in [5, 5.41) is 0.782. The van der Waals surface area contributed by atoms with Crippen LogP contribution >= 0.6 is 11.6 Å². The van der Waals surface area contributed by atoms with Crippen LogP contribution in [0.1, 0.15) is 18.1 Å². The quantitative estimate of drug-likeness (QED) is 0.771. The van der Waals surface area contributed by atoms with Gasteiger partial charge in [-0.25, -0.2) is 4.99 Å². The van der Waals surface area contributed by atoms with E-state index >= 15 is 0 Å². The standard InChI is InChI=1S/C22H24ClN3/c1-2-25-13-15-26(16-14-25)22-19(18-8-4-5-9-20(18)23)12-11-17-7-3-6-10-21(17)24-22/h3-10,12H,2,11,13-16H2,1H3. The summed E-state index contributed by atoms with van der Waals surface area (Å²) in [5.41, 5.74) is 4.55. The van der Waals surface area contributed by atoms with Crippen molar-refractivity contribution in [1.82, 2.24) is 9.80 Å². The number of nitrogens with zero attached hydrogens (tertiary/aromatic N) is 3. The summed E-state index contributed by atoms with van der Waals surface area (Å²) >= 11 is 6.55. The van der Waals surface area contributed by atoms with Crippen molar-refractivity contribution >= 4 is 28.7 Å². The van der Waals surface area contributed by atoms with Crippen molar-refractivity contribution in [3.63, 3.8) is 0 Å². The zero-order chi connectivity index (χ0) is 17.9. The Kier molecular flexibility index (Phi) is 5.09. The van der Waals surface area contributed by atoms with Crippen molar-refractivity contribution in [2.45, 2.75) is 13.3 Å². The molecule has 2 aromatic rings. The number of benzene rings is 2. The third-order valence-electron chi connectivity index (χ3n) is 5.27. The van der Waals surface area contributed by atoms with Gasteiger partial charge in [0.05, 0.1) is 5.69 Å². The van der Waals surface area contributed by atoms with Gasteiger partial charge in [0, 0.05) is 42.3 Å². The number of amidine groups is 1. The topological polar surface area (TPSA) is 18.8 Å². The van der Waals surface area contributed by atoms with Gasteiger partial charge in [0.15, 0.2) is 0 Å². The molecule has 0 spiro atoms. The van der Waals surface area contributed by atoms with Crippen molar-refractivity contribution in [2.24, 2.45) is 4.99 Å². The molecule has 2 heterocycles. The number of allylic oxidation sites excluding steroid dienone is 1. The van der Waals surface area contributed by atoms with E-state index in [0.717, 1.165) is 66.8 Å². The van der Waals surface area contributed by atoms with Crippen molar-refractivity contribution in [2.75, 3.05) is 32.7 Å². The number of halogens is 1. The van der Waals surface area contributed by atoms with Crippen LogP contribution in [0.3, 0.4) is 0 Å². The molecule has 4 heteroatoms. The van der Waals surface area contributed by atoms with Gasteiger partial charge >= 0.3 is 0 Å². The predicted octanol–water partition coefficient (Wildman–Crippen LogP) is 4.65. The molecule has 0 aromatic heterocycles. The number of likely N-dealkylation sites (N-methyl/N-ethyl adjacent to an activating group) is 1. The predicted molar refractivity (Wildman–Crippen MR) is 110 cm³/mol. The van der Waals surface area contributed by atoms with E-state index in [1.807, 2.05) is 18.2 Å². The molecule has 0 saturated carbocycles. The summed E-state index contributed by atoms with van der Waals surface area (Å²) in [6.45, 7) is 7.48. The van der Waals surface area contributed by atoms with Crippen molar-refractivity contribution < 1.29 is 0 Å². The molecule has 2 aliphatic rings. The smallest absolute Gasteiger partial charge is 0.136 e. The Balaban J connectivity index is 1.77. The summed E-state index contributed by atoms with van der Waals surface area (Å²) in [7, 11) is 0. The van der Waals surface area contributed by atoms with E-state index < -0.39 is 0 Å². The number of para-hydroxylation sites is 1. The highest BCUT2D eigenvalue weighted by molar-refractivity contribution is 6.35. The van der Waals surface area contributed by atoms with Gasteiger partial charge < -0.3 is 9.80 Å². The van der Waals surface area contributed by atoms with Crippen LogP contribution in [0.5, 0.6) is 0 Å². The lowest BCUT2D eigenvalue weighted by atomic mass is 10.0. The van der Waals surface area contributed by atoms with Crippen molar-refractivity contribution in [3.8, 4) is 0 Å².